The topological polar surface area (TPSA) is 39.2 Å². The van der Waals surface area contributed by atoms with Gasteiger partial charge in [0.05, 0.1) is 17.2 Å². The van der Waals surface area contributed by atoms with Crippen molar-refractivity contribution in [2.75, 3.05) is 0 Å². The highest BCUT2D eigenvalue weighted by molar-refractivity contribution is 7.99. The quantitative estimate of drug-likeness (QED) is 0.147. The van der Waals surface area contributed by atoms with Gasteiger partial charge in [-0.15, -0.1) is 0 Å². The average Bonchev–Trinajstić information content (AvgIpc) is 2.83. The maximum atomic E-state index is 13.9. The molecule has 0 saturated heterocycles. The molecule has 34 heavy (non-hydrogen) atoms. The first-order valence-corrected chi connectivity index (χ1v) is 11.1. The van der Waals surface area contributed by atoms with Crippen LogP contribution in [0.5, 0.6) is 0 Å². The Bertz CT molecular complexity index is 1170. The molecule has 1 heterocycles. The molecule has 178 valence electrons. The van der Waals surface area contributed by atoms with Gasteiger partial charge in [-0.25, -0.2) is 26.9 Å². The minimum Gasteiger partial charge on any atom is -0.459 e. The van der Waals surface area contributed by atoms with Gasteiger partial charge >= 0.3 is 5.97 Å². The molecule has 9 heteroatoms. The second-order valence-corrected chi connectivity index (χ2v) is 8.70. The molecular weight excluding hydrogens is 473 g/mol. The molecule has 0 aliphatic rings. The van der Waals surface area contributed by atoms with Crippen LogP contribution in [0.4, 0.5) is 22.0 Å². The van der Waals surface area contributed by atoms with Gasteiger partial charge < -0.3 is 4.74 Å². The molecule has 0 fully saturated rings. The SMILES string of the molecule is CC(C)C(/C=C/c1c(F)c(F)c(F)c(F)c1F)C(=O)OCc1cccc(Sc2ccccc2)n1. The minimum absolute atomic E-state index is 0.151. The Hall–Kier alpha value is -3.20. The first-order chi connectivity index (χ1) is 16.2. The van der Waals surface area contributed by atoms with Crippen molar-refractivity contribution in [2.24, 2.45) is 11.8 Å². The fraction of sp³-hybridized carbons (Fsp3) is 0.200. The summed E-state index contributed by atoms with van der Waals surface area (Å²) in [6.45, 7) is 3.16. The van der Waals surface area contributed by atoms with Gasteiger partial charge in [0.1, 0.15) is 11.6 Å². The number of carbonyl (C=O) groups excluding carboxylic acids is 1. The number of nitrogens with zero attached hydrogens (tertiary/aromatic N) is 1. The summed E-state index contributed by atoms with van der Waals surface area (Å²) in [5.41, 5.74) is -0.636. The predicted octanol–water partition coefficient (Wildman–Crippen LogP) is 6.96. The highest BCUT2D eigenvalue weighted by Gasteiger charge is 2.26. The zero-order valence-electron chi connectivity index (χ0n) is 18.2. The molecule has 0 aliphatic carbocycles. The summed E-state index contributed by atoms with van der Waals surface area (Å²) in [7, 11) is 0. The molecule has 2 aromatic carbocycles. The van der Waals surface area contributed by atoms with Crippen LogP contribution in [0.3, 0.4) is 0 Å². The molecular formula is C25H20F5NO2S. The van der Waals surface area contributed by atoms with Crippen molar-refractivity contribution in [3.8, 4) is 0 Å². The van der Waals surface area contributed by atoms with Gasteiger partial charge in [0.25, 0.3) is 0 Å². The second kappa shape index (κ2) is 11.3. The van der Waals surface area contributed by atoms with Crippen molar-refractivity contribution in [1.82, 2.24) is 4.98 Å². The summed E-state index contributed by atoms with van der Waals surface area (Å²) >= 11 is 1.44. The Morgan fingerprint density at radius 1 is 0.912 bits per heavy atom. The predicted molar refractivity (Wildman–Crippen MR) is 118 cm³/mol. The van der Waals surface area contributed by atoms with E-state index in [1.807, 2.05) is 36.4 Å². The van der Waals surface area contributed by atoms with Crippen LogP contribution in [0.15, 0.2) is 64.5 Å². The monoisotopic (exact) mass is 493 g/mol. The van der Waals surface area contributed by atoms with Gasteiger partial charge in [0.2, 0.25) is 5.82 Å². The number of hydrogen-bond acceptors (Lipinski definition) is 4. The molecule has 3 rings (SSSR count). The number of aromatic nitrogens is 1. The van der Waals surface area contributed by atoms with Crippen molar-refractivity contribution < 1.29 is 31.5 Å². The Kier molecular flexibility index (Phi) is 8.44. The van der Waals surface area contributed by atoms with E-state index >= 15 is 0 Å². The smallest absolute Gasteiger partial charge is 0.313 e. The van der Waals surface area contributed by atoms with Crippen molar-refractivity contribution in [3.63, 3.8) is 0 Å². The maximum Gasteiger partial charge on any atom is 0.313 e. The number of ether oxygens (including phenoxy) is 1. The lowest BCUT2D eigenvalue weighted by molar-refractivity contribution is -0.149. The molecule has 0 saturated carbocycles. The van der Waals surface area contributed by atoms with E-state index in [2.05, 4.69) is 4.98 Å². The standard InChI is InChI=1S/C25H20F5NO2S/c1-14(2)17(11-12-18-20(26)22(28)24(30)23(29)21(18)27)25(32)33-13-15-7-6-10-19(31-15)34-16-8-4-3-5-9-16/h3-12,14,17H,13H2,1-2H3/b12-11+. The summed E-state index contributed by atoms with van der Waals surface area (Å²) in [5, 5.41) is 0.700. The maximum absolute atomic E-state index is 13.9. The zero-order valence-corrected chi connectivity index (χ0v) is 19.0. The molecule has 0 aliphatic heterocycles. The Morgan fingerprint density at radius 3 is 2.15 bits per heavy atom. The molecule has 0 N–H and O–H groups in total. The third-order valence-electron chi connectivity index (χ3n) is 4.81. The van der Waals surface area contributed by atoms with E-state index in [0.717, 1.165) is 11.0 Å². The summed E-state index contributed by atoms with van der Waals surface area (Å²) < 4.78 is 73.2. The van der Waals surface area contributed by atoms with Crippen LogP contribution in [-0.2, 0) is 16.1 Å². The van der Waals surface area contributed by atoms with E-state index in [1.165, 1.54) is 11.8 Å². The van der Waals surface area contributed by atoms with Gasteiger partial charge in [-0.05, 0) is 30.2 Å². The molecule has 1 atom stereocenters. The molecule has 0 radical (unpaired) electrons. The summed E-state index contributed by atoms with van der Waals surface area (Å²) in [4.78, 5) is 18.0. The average molecular weight is 493 g/mol. The van der Waals surface area contributed by atoms with E-state index in [0.29, 0.717) is 16.8 Å². The largest absolute Gasteiger partial charge is 0.459 e. The van der Waals surface area contributed by atoms with Crippen molar-refractivity contribution in [2.45, 2.75) is 30.4 Å². The van der Waals surface area contributed by atoms with E-state index in [-0.39, 0.29) is 12.5 Å². The zero-order chi connectivity index (χ0) is 24.8. The highest BCUT2D eigenvalue weighted by Crippen LogP contribution is 2.27. The molecule has 3 aromatic rings. The van der Waals surface area contributed by atoms with Crippen LogP contribution in [-0.4, -0.2) is 11.0 Å². The number of hydrogen-bond donors (Lipinski definition) is 0. The molecule has 1 aromatic heterocycles. The van der Waals surface area contributed by atoms with Gasteiger partial charge in [-0.3, -0.25) is 4.79 Å². The minimum atomic E-state index is -2.24. The summed E-state index contributed by atoms with van der Waals surface area (Å²) in [6.07, 6.45) is 1.78. The highest BCUT2D eigenvalue weighted by atomic mass is 32.2. The van der Waals surface area contributed by atoms with E-state index in [9.17, 15) is 26.7 Å². The lowest BCUT2D eigenvalue weighted by Gasteiger charge is -2.16. The van der Waals surface area contributed by atoms with Gasteiger partial charge in [-0.1, -0.05) is 62.0 Å². The van der Waals surface area contributed by atoms with Gasteiger partial charge in [-0.2, -0.15) is 0 Å². The first kappa shape index (κ1) is 25.4. The van der Waals surface area contributed by atoms with Crippen LogP contribution in [0.2, 0.25) is 0 Å². The number of rotatable bonds is 8. The van der Waals surface area contributed by atoms with Crippen molar-refractivity contribution in [1.29, 1.82) is 0 Å². The van der Waals surface area contributed by atoms with Crippen molar-refractivity contribution in [3.05, 3.63) is 95.0 Å². The molecule has 0 amide bonds. The number of halogens is 5. The Balaban J connectivity index is 1.71. The summed E-state index contributed by atoms with van der Waals surface area (Å²) in [6, 6.07) is 14.8. The third-order valence-corrected chi connectivity index (χ3v) is 5.76. The fourth-order valence-corrected chi connectivity index (χ4v) is 3.83. The fourth-order valence-electron chi connectivity index (χ4n) is 2.99. The third kappa shape index (κ3) is 6.02. The number of esters is 1. The van der Waals surface area contributed by atoms with Crippen LogP contribution in [0, 0.1) is 40.9 Å². The van der Waals surface area contributed by atoms with Gasteiger partial charge in [0.15, 0.2) is 23.3 Å². The number of carbonyl (C=O) groups is 1. The van der Waals surface area contributed by atoms with E-state index in [1.54, 1.807) is 26.0 Å². The molecule has 0 spiro atoms. The molecule has 3 nitrogen and oxygen atoms in total. The van der Waals surface area contributed by atoms with Crippen LogP contribution < -0.4 is 0 Å². The van der Waals surface area contributed by atoms with Crippen molar-refractivity contribution >= 4 is 23.8 Å². The molecule has 0 bridgehead atoms. The number of pyridine rings is 1. The summed E-state index contributed by atoms with van der Waals surface area (Å²) in [5.74, 6) is -12.4. The lowest BCUT2D eigenvalue weighted by atomic mass is 9.94. The van der Waals surface area contributed by atoms with Crippen LogP contribution >= 0.6 is 11.8 Å². The van der Waals surface area contributed by atoms with E-state index < -0.39 is 46.5 Å². The Morgan fingerprint density at radius 2 is 1.53 bits per heavy atom. The Labute approximate surface area is 197 Å². The normalized spacial score (nSPS) is 12.4. The van der Waals surface area contributed by atoms with Gasteiger partial charge in [0, 0.05) is 4.90 Å². The first-order valence-electron chi connectivity index (χ1n) is 10.2. The van der Waals surface area contributed by atoms with Crippen LogP contribution in [0.25, 0.3) is 6.08 Å². The molecule has 1 unspecified atom stereocenters. The van der Waals surface area contributed by atoms with E-state index in [4.69, 9.17) is 4.74 Å². The second-order valence-electron chi connectivity index (χ2n) is 7.60. The van der Waals surface area contributed by atoms with Crippen LogP contribution in [0.1, 0.15) is 25.1 Å². The number of benzene rings is 2. The lowest BCUT2D eigenvalue weighted by Crippen LogP contribution is -2.21.